The number of carboxylic acid groups (broad SMARTS) is 1. The van der Waals surface area contributed by atoms with Crippen molar-refractivity contribution >= 4 is 43.5 Å². The molecule has 24 heavy (non-hydrogen) atoms. The average Bonchev–Trinajstić information content (AvgIpc) is 2.96. The largest absolute Gasteiger partial charge is 0.478 e. The Morgan fingerprint density at radius 1 is 1.33 bits per heavy atom. The molecule has 3 rings (SSSR count). The van der Waals surface area contributed by atoms with E-state index in [0.29, 0.717) is 17.2 Å². The number of thiophene rings is 1. The van der Waals surface area contributed by atoms with Gasteiger partial charge in [0, 0.05) is 15.8 Å². The highest BCUT2D eigenvalue weighted by Crippen LogP contribution is 2.24. The summed E-state index contributed by atoms with van der Waals surface area (Å²) in [7, 11) is 0. The number of hydrogen-bond acceptors (Lipinski definition) is 4. The Morgan fingerprint density at radius 2 is 2.00 bits per heavy atom. The predicted molar refractivity (Wildman–Crippen MR) is 98.2 cm³/mol. The monoisotopic (exact) mass is 406 g/mol. The number of nitrogens with zero attached hydrogens (tertiary/aromatic N) is 2. The molecule has 5 nitrogen and oxygen atoms in total. The van der Waals surface area contributed by atoms with Crippen molar-refractivity contribution in [3.63, 3.8) is 0 Å². The molecule has 1 aromatic carbocycles. The number of halogens is 1. The molecule has 0 saturated carbocycles. The fourth-order valence-electron chi connectivity index (χ4n) is 2.56. The van der Waals surface area contributed by atoms with Crippen LogP contribution in [0.5, 0.6) is 0 Å². The van der Waals surface area contributed by atoms with Gasteiger partial charge in [-0.25, -0.2) is 9.78 Å². The average molecular weight is 407 g/mol. The van der Waals surface area contributed by atoms with Crippen molar-refractivity contribution in [2.75, 3.05) is 0 Å². The Kier molecular flexibility index (Phi) is 4.56. The second kappa shape index (κ2) is 6.49. The lowest BCUT2D eigenvalue weighted by Crippen LogP contribution is -2.27. The molecule has 0 saturated heterocycles. The van der Waals surface area contributed by atoms with Crippen molar-refractivity contribution < 1.29 is 9.90 Å². The summed E-state index contributed by atoms with van der Waals surface area (Å²) < 4.78 is 2.54. The van der Waals surface area contributed by atoms with Crippen LogP contribution in [0, 0.1) is 0 Å². The molecule has 124 valence electrons. The lowest BCUT2D eigenvalue weighted by molar-refractivity contribution is 0.0699. The van der Waals surface area contributed by atoms with Crippen molar-refractivity contribution in [1.82, 2.24) is 9.55 Å². The summed E-state index contributed by atoms with van der Waals surface area (Å²) in [6.45, 7) is 4.30. The molecule has 2 aromatic heterocycles. The molecule has 7 heteroatoms. The maximum absolute atomic E-state index is 13.0. The third kappa shape index (κ3) is 3.01. The van der Waals surface area contributed by atoms with Crippen LogP contribution in [0.1, 0.15) is 41.5 Å². The van der Waals surface area contributed by atoms with Gasteiger partial charge < -0.3 is 5.11 Å². The van der Waals surface area contributed by atoms with Crippen LogP contribution in [0.4, 0.5) is 0 Å². The summed E-state index contributed by atoms with van der Waals surface area (Å²) >= 11 is 4.58. The van der Waals surface area contributed by atoms with Gasteiger partial charge in [0.05, 0.1) is 17.5 Å². The van der Waals surface area contributed by atoms with Crippen LogP contribution in [0.25, 0.3) is 10.2 Å². The van der Waals surface area contributed by atoms with Crippen LogP contribution >= 0.6 is 27.3 Å². The molecule has 0 radical (unpaired) electrons. The molecular weight excluding hydrogens is 392 g/mol. The molecule has 0 atom stereocenters. The molecule has 0 aliphatic carbocycles. The molecule has 0 aliphatic heterocycles. The molecule has 3 aromatic rings. The van der Waals surface area contributed by atoms with Crippen molar-refractivity contribution in [3.8, 4) is 0 Å². The van der Waals surface area contributed by atoms with Crippen LogP contribution in [0.3, 0.4) is 0 Å². The van der Waals surface area contributed by atoms with E-state index in [1.807, 2.05) is 38.1 Å². The minimum atomic E-state index is -1.10. The smallest absolute Gasteiger partial charge is 0.337 e. The lowest BCUT2D eigenvalue weighted by Gasteiger charge is -2.15. The number of aromatic carboxylic acids is 1. The van der Waals surface area contributed by atoms with E-state index < -0.39 is 5.97 Å². The van der Waals surface area contributed by atoms with Crippen LogP contribution in [-0.2, 0) is 6.54 Å². The highest BCUT2D eigenvalue weighted by atomic mass is 79.9. The van der Waals surface area contributed by atoms with Gasteiger partial charge in [0.25, 0.3) is 5.56 Å². The predicted octanol–water partition coefficient (Wildman–Crippen LogP) is 4.09. The standard InChI is InChI=1S/C17H15BrN2O3S/c1-9(2)14-19-15-13(12(8-24-15)17(22)23)16(21)20(14)7-10-3-5-11(18)6-4-10/h3-6,8-9H,7H2,1-2H3,(H,22,23). The molecular formula is C17H15BrN2O3S. The van der Waals surface area contributed by atoms with Gasteiger partial charge in [-0.2, -0.15) is 0 Å². The van der Waals surface area contributed by atoms with E-state index in [9.17, 15) is 14.7 Å². The van der Waals surface area contributed by atoms with Crippen LogP contribution < -0.4 is 5.56 Å². The van der Waals surface area contributed by atoms with Gasteiger partial charge in [0.2, 0.25) is 0 Å². The first-order valence-corrected chi connectivity index (χ1v) is 9.05. The van der Waals surface area contributed by atoms with Gasteiger partial charge in [0.15, 0.2) is 0 Å². The first kappa shape index (κ1) is 16.9. The molecule has 2 heterocycles. The normalized spacial score (nSPS) is 11.3. The zero-order chi connectivity index (χ0) is 17.4. The van der Waals surface area contributed by atoms with Gasteiger partial charge in [0.1, 0.15) is 10.7 Å². The summed E-state index contributed by atoms with van der Waals surface area (Å²) in [5.74, 6) is -0.394. The summed E-state index contributed by atoms with van der Waals surface area (Å²) in [6, 6.07) is 7.68. The van der Waals surface area contributed by atoms with Crippen LogP contribution in [0.2, 0.25) is 0 Å². The maximum Gasteiger partial charge on any atom is 0.337 e. The number of rotatable bonds is 4. The number of carboxylic acids is 1. The summed E-state index contributed by atoms with van der Waals surface area (Å²) in [4.78, 5) is 29.4. The summed E-state index contributed by atoms with van der Waals surface area (Å²) in [5, 5.41) is 11.0. The minimum Gasteiger partial charge on any atom is -0.478 e. The quantitative estimate of drug-likeness (QED) is 0.707. The fourth-order valence-corrected chi connectivity index (χ4v) is 3.74. The molecule has 0 fully saturated rings. The number of benzene rings is 1. The Balaban J connectivity index is 2.23. The molecule has 0 aliphatic rings. The van der Waals surface area contributed by atoms with E-state index in [1.165, 1.54) is 16.7 Å². The van der Waals surface area contributed by atoms with E-state index in [0.717, 1.165) is 10.0 Å². The third-order valence-electron chi connectivity index (χ3n) is 3.72. The topological polar surface area (TPSA) is 72.2 Å². The van der Waals surface area contributed by atoms with Crippen LogP contribution in [-0.4, -0.2) is 20.6 Å². The summed E-state index contributed by atoms with van der Waals surface area (Å²) in [5.41, 5.74) is 0.674. The van der Waals surface area contributed by atoms with Gasteiger partial charge in [-0.15, -0.1) is 11.3 Å². The van der Waals surface area contributed by atoms with E-state index in [4.69, 9.17) is 0 Å². The number of aromatic nitrogens is 2. The molecule has 1 N–H and O–H groups in total. The second-order valence-corrected chi connectivity index (χ2v) is 7.55. The molecule has 0 bridgehead atoms. The highest BCUT2D eigenvalue weighted by molar-refractivity contribution is 9.10. The van der Waals surface area contributed by atoms with E-state index in [2.05, 4.69) is 20.9 Å². The molecule has 0 amide bonds. The Morgan fingerprint density at radius 3 is 2.58 bits per heavy atom. The Labute approximate surface area is 150 Å². The SMILES string of the molecule is CC(C)c1nc2scc(C(=O)O)c2c(=O)n1Cc1ccc(Br)cc1. The van der Waals surface area contributed by atoms with Crippen molar-refractivity contribution in [3.05, 3.63) is 61.4 Å². The third-order valence-corrected chi connectivity index (χ3v) is 5.12. The van der Waals surface area contributed by atoms with Gasteiger partial charge in [-0.1, -0.05) is 41.9 Å². The Bertz CT molecular complexity index is 974. The van der Waals surface area contributed by atoms with Crippen molar-refractivity contribution in [2.45, 2.75) is 26.3 Å². The van der Waals surface area contributed by atoms with E-state index >= 15 is 0 Å². The fraction of sp³-hybridized carbons (Fsp3) is 0.235. The van der Waals surface area contributed by atoms with Gasteiger partial charge >= 0.3 is 5.97 Å². The summed E-state index contributed by atoms with van der Waals surface area (Å²) in [6.07, 6.45) is 0. The first-order chi connectivity index (χ1) is 11.4. The van der Waals surface area contributed by atoms with Crippen molar-refractivity contribution in [2.24, 2.45) is 0 Å². The number of hydrogen-bond donors (Lipinski definition) is 1. The van der Waals surface area contributed by atoms with Crippen LogP contribution in [0.15, 0.2) is 38.9 Å². The van der Waals surface area contributed by atoms with Crippen molar-refractivity contribution in [1.29, 1.82) is 0 Å². The number of carbonyl (C=O) groups is 1. The minimum absolute atomic E-state index is 0.0207. The maximum atomic E-state index is 13.0. The lowest BCUT2D eigenvalue weighted by atomic mass is 10.1. The second-order valence-electron chi connectivity index (χ2n) is 5.78. The Hall–Kier alpha value is -1.99. The zero-order valence-electron chi connectivity index (χ0n) is 13.1. The molecule has 0 spiro atoms. The highest BCUT2D eigenvalue weighted by Gasteiger charge is 2.20. The van der Waals surface area contributed by atoms with E-state index in [1.54, 1.807) is 4.57 Å². The van der Waals surface area contributed by atoms with Gasteiger partial charge in [-0.05, 0) is 17.7 Å². The zero-order valence-corrected chi connectivity index (χ0v) is 15.5. The molecule has 0 unspecified atom stereocenters. The number of fused-ring (bicyclic) bond motifs is 1. The van der Waals surface area contributed by atoms with E-state index in [-0.39, 0.29) is 22.4 Å². The van der Waals surface area contributed by atoms with Gasteiger partial charge in [-0.3, -0.25) is 9.36 Å². The first-order valence-electron chi connectivity index (χ1n) is 7.38.